The monoisotopic (exact) mass is 315 g/mol. The molecule has 0 saturated heterocycles. The summed E-state index contributed by atoms with van der Waals surface area (Å²) in [5, 5.41) is 5.61. The third-order valence-corrected chi connectivity index (χ3v) is 4.09. The molecule has 0 fully saturated rings. The van der Waals surface area contributed by atoms with Crippen molar-refractivity contribution in [2.24, 2.45) is 0 Å². The van der Waals surface area contributed by atoms with E-state index in [1.807, 2.05) is 26.0 Å². The van der Waals surface area contributed by atoms with Gasteiger partial charge in [0.2, 0.25) is 0 Å². The maximum Gasteiger partial charge on any atom is 0.274 e. The summed E-state index contributed by atoms with van der Waals surface area (Å²) in [4.78, 5) is 27.1. The zero-order valence-electron chi connectivity index (χ0n) is 14.2. The van der Waals surface area contributed by atoms with Crippen LogP contribution in [0.3, 0.4) is 0 Å². The van der Waals surface area contributed by atoms with Gasteiger partial charge in [-0.3, -0.25) is 9.59 Å². The lowest BCUT2D eigenvalue weighted by Gasteiger charge is -2.19. The second-order valence-corrected chi connectivity index (χ2v) is 5.61. The van der Waals surface area contributed by atoms with E-state index in [-0.39, 0.29) is 11.5 Å². The van der Waals surface area contributed by atoms with Crippen LogP contribution in [0.4, 0.5) is 0 Å². The fourth-order valence-electron chi connectivity index (χ4n) is 2.72. The molecular weight excluding hydrogens is 290 g/mol. The van der Waals surface area contributed by atoms with Gasteiger partial charge in [-0.2, -0.15) is 5.10 Å². The zero-order valence-corrected chi connectivity index (χ0v) is 14.2. The molecule has 0 saturated carbocycles. The highest BCUT2D eigenvalue weighted by molar-refractivity contribution is 6.04. The van der Waals surface area contributed by atoms with Crippen LogP contribution >= 0.6 is 0 Å². The Labute approximate surface area is 136 Å². The van der Waals surface area contributed by atoms with Crippen LogP contribution in [0.15, 0.2) is 29.1 Å². The summed E-state index contributed by atoms with van der Waals surface area (Å²) in [6, 6.07) is 7.24. The lowest BCUT2D eigenvalue weighted by atomic mass is 10.1. The summed E-state index contributed by atoms with van der Waals surface area (Å²) in [7, 11) is 0. The first-order valence-electron chi connectivity index (χ1n) is 8.43. The summed E-state index contributed by atoms with van der Waals surface area (Å²) in [6.07, 6.45) is 3.01. The van der Waals surface area contributed by atoms with Crippen LogP contribution in [0.25, 0.3) is 10.8 Å². The number of fused-ring (bicyclic) bond motifs is 1. The molecule has 23 heavy (non-hydrogen) atoms. The summed E-state index contributed by atoms with van der Waals surface area (Å²) in [6.45, 7) is 7.81. The normalized spacial score (nSPS) is 10.9. The number of aryl methyl sites for hydroxylation is 1. The highest BCUT2D eigenvalue weighted by atomic mass is 16.2. The van der Waals surface area contributed by atoms with E-state index in [9.17, 15) is 9.59 Å². The molecule has 124 valence electrons. The molecule has 0 aliphatic heterocycles. The van der Waals surface area contributed by atoms with Crippen molar-refractivity contribution in [3.05, 3.63) is 40.3 Å². The number of benzene rings is 1. The average molecular weight is 315 g/mol. The Morgan fingerprint density at radius 1 is 1.09 bits per heavy atom. The molecule has 0 bridgehead atoms. The number of aromatic nitrogens is 2. The molecule has 1 aromatic carbocycles. The van der Waals surface area contributed by atoms with Crippen molar-refractivity contribution in [1.82, 2.24) is 14.7 Å². The van der Waals surface area contributed by atoms with Crippen LogP contribution in [0.1, 0.15) is 50.5 Å². The molecule has 5 heteroatoms. The van der Waals surface area contributed by atoms with Crippen molar-refractivity contribution in [1.29, 1.82) is 0 Å². The molecule has 0 aliphatic rings. The van der Waals surface area contributed by atoms with E-state index in [0.717, 1.165) is 19.3 Å². The minimum absolute atomic E-state index is 0.115. The first-order chi connectivity index (χ1) is 11.1. The van der Waals surface area contributed by atoms with Gasteiger partial charge >= 0.3 is 0 Å². The number of nitrogens with zero attached hydrogens (tertiary/aromatic N) is 3. The SMILES string of the molecule is CCCCCn1nc(C(=O)N(CC)CC)c2ccccc2c1=O. The molecular formula is C18H25N3O2. The third kappa shape index (κ3) is 3.60. The molecule has 0 spiro atoms. The molecule has 0 atom stereocenters. The highest BCUT2D eigenvalue weighted by Gasteiger charge is 2.20. The van der Waals surface area contributed by atoms with Crippen LogP contribution in [0, 0.1) is 0 Å². The van der Waals surface area contributed by atoms with Gasteiger partial charge in [0.05, 0.1) is 5.39 Å². The molecule has 2 rings (SSSR count). The van der Waals surface area contributed by atoms with E-state index >= 15 is 0 Å². The third-order valence-electron chi connectivity index (χ3n) is 4.09. The van der Waals surface area contributed by atoms with E-state index in [0.29, 0.717) is 36.1 Å². The quantitative estimate of drug-likeness (QED) is 0.738. The van der Waals surface area contributed by atoms with Crippen molar-refractivity contribution in [2.75, 3.05) is 13.1 Å². The Hall–Kier alpha value is -2.17. The van der Waals surface area contributed by atoms with Gasteiger partial charge in [0.1, 0.15) is 0 Å². The predicted molar refractivity (Wildman–Crippen MR) is 92.8 cm³/mol. The lowest BCUT2D eigenvalue weighted by Crippen LogP contribution is -2.34. The number of unbranched alkanes of at least 4 members (excludes halogenated alkanes) is 2. The topological polar surface area (TPSA) is 55.2 Å². The van der Waals surface area contributed by atoms with Gasteiger partial charge in [-0.15, -0.1) is 0 Å². The van der Waals surface area contributed by atoms with Gasteiger partial charge in [0.15, 0.2) is 5.69 Å². The summed E-state index contributed by atoms with van der Waals surface area (Å²) < 4.78 is 1.45. The number of carbonyl (C=O) groups excluding carboxylic acids is 1. The molecule has 0 radical (unpaired) electrons. The summed E-state index contributed by atoms with van der Waals surface area (Å²) >= 11 is 0. The van der Waals surface area contributed by atoms with E-state index in [4.69, 9.17) is 0 Å². The van der Waals surface area contributed by atoms with Crippen LogP contribution in [0.5, 0.6) is 0 Å². The fourth-order valence-corrected chi connectivity index (χ4v) is 2.72. The fraction of sp³-hybridized carbons (Fsp3) is 0.500. The Morgan fingerprint density at radius 3 is 2.35 bits per heavy atom. The zero-order chi connectivity index (χ0) is 16.8. The first kappa shape index (κ1) is 17.2. The van der Waals surface area contributed by atoms with Gasteiger partial charge in [-0.1, -0.05) is 38.0 Å². The second-order valence-electron chi connectivity index (χ2n) is 5.61. The minimum atomic E-state index is -0.118. The van der Waals surface area contributed by atoms with Crippen molar-refractivity contribution in [2.45, 2.75) is 46.6 Å². The van der Waals surface area contributed by atoms with Crippen LogP contribution in [-0.2, 0) is 6.54 Å². The van der Waals surface area contributed by atoms with E-state index < -0.39 is 0 Å². The first-order valence-corrected chi connectivity index (χ1v) is 8.43. The van der Waals surface area contributed by atoms with Crippen LogP contribution in [-0.4, -0.2) is 33.7 Å². The number of rotatable bonds is 7. The standard InChI is InChI=1S/C18H25N3O2/c1-4-7-10-13-21-17(22)15-12-9-8-11-14(15)16(19-21)18(23)20(5-2)6-3/h8-9,11-12H,4-7,10,13H2,1-3H3. The van der Waals surface area contributed by atoms with E-state index in [2.05, 4.69) is 12.0 Å². The molecule has 0 unspecified atom stereocenters. The van der Waals surface area contributed by atoms with Gasteiger partial charge in [-0.25, -0.2) is 4.68 Å². The predicted octanol–water partition coefficient (Wildman–Crippen LogP) is 3.07. The number of amides is 1. The Morgan fingerprint density at radius 2 is 1.74 bits per heavy atom. The number of carbonyl (C=O) groups is 1. The van der Waals surface area contributed by atoms with E-state index in [1.54, 1.807) is 17.0 Å². The van der Waals surface area contributed by atoms with Gasteiger partial charge < -0.3 is 4.90 Å². The van der Waals surface area contributed by atoms with Crippen LogP contribution in [0.2, 0.25) is 0 Å². The molecule has 1 heterocycles. The molecule has 2 aromatic rings. The van der Waals surface area contributed by atoms with Gasteiger partial charge in [0.25, 0.3) is 11.5 Å². The van der Waals surface area contributed by atoms with Crippen molar-refractivity contribution in [3.63, 3.8) is 0 Å². The van der Waals surface area contributed by atoms with Crippen molar-refractivity contribution >= 4 is 16.7 Å². The summed E-state index contributed by atoms with van der Waals surface area (Å²) in [5.41, 5.74) is 0.258. The Kier molecular flexibility index (Phi) is 5.90. The van der Waals surface area contributed by atoms with Gasteiger partial charge in [-0.05, 0) is 26.3 Å². The van der Waals surface area contributed by atoms with Gasteiger partial charge in [0, 0.05) is 25.0 Å². The largest absolute Gasteiger partial charge is 0.338 e. The molecule has 0 aliphatic carbocycles. The maximum absolute atomic E-state index is 12.8. The maximum atomic E-state index is 12.8. The van der Waals surface area contributed by atoms with E-state index in [1.165, 1.54) is 4.68 Å². The average Bonchev–Trinajstić information content (AvgIpc) is 2.58. The second kappa shape index (κ2) is 7.90. The Bertz CT molecular complexity index is 733. The lowest BCUT2D eigenvalue weighted by molar-refractivity contribution is 0.0766. The van der Waals surface area contributed by atoms with Crippen molar-refractivity contribution < 1.29 is 4.79 Å². The highest BCUT2D eigenvalue weighted by Crippen LogP contribution is 2.15. The van der Waals surface area contributed by atoms with Crippen LogP contribution < -0.4 is 5.56 Å². The molecule has 1 aromatic heterocycles. The molecule has 5 nitrogen and oxygen atoms in total. The van der Waals surface area contributed by atoms with Crippen molar-refractivity contribution in [3.8, 4) is 0 Å². The number of hydrogen-bond donors (Lipinski definition) is 0. The molecule has 0 N–H and O–H groups in total. The minimum Gasteiger partial charge on any atom is -0.338 e. The summed E-state index contributed by atoms with van der Waals surface area (Å²) in [5.74, 6) is -0.115. The number of hydrogen-bond acceptors (Lipinski definition) is 3. The smallest absolute Gasteiger partial charge is 0.274 e. The Balaban J connectivity index is 2.56. The molecule has 1 amide bonds.